The van der Waals surface area contributed by atoms with Gasteiger partial charge in [0.1, 0.15) is 0 Å². The van der Waals surface area contributed by atoms with E-state index in [4.69, 9.17) is 12.2 Å². The number of aryl methyl sites for hydroxylation is 1. The van der Waals surface area contributed by atoms with Crippen LogP contribution >= 0.6 is 12.2 Å². The molecule has 4 aromatic rings. The fourth-order valence-corrected chi connectivity index (χ4v) is 5.31. The molecule has 8 heteroatoms. The van der Waals surface area contributed by atoms with Gasteiger partial charge in [0.25, 0.3) is 0 Å². The highest BCUT2D eigenvalue weighted by Gasteiger charge is 2.41. The Morgan fingerprint density at radius 2 is 1.69 bits per heavy atom. The second-order valence-corrected chi connectivity index (χ2v) is 9.34. The lowest BCUT2D eigenvalue weighted by Gasteiger charge is -2.28. The smallest absolute Gasteiger partial charge is 0.352 e. The third kappa shape index (κ3) is 4.48. The molecule has 2 aromatic carbocycles. The number of rotatable bonds is 5. The Morgan fingerprint density at radius 3 is 2.39 bits per heavy atom. The quantitative estimate of drug-likeness (QED) is 0.306. The minimum absolute atomic E-state index is 0.196. The molecular formula is C28H25F3N4S. The van der Waals surface area contributed by atoms with Gasteiger partial charge in [0, 0.05) is 29.8 Å². The normalized spacial score (nSPS) is 17.9. The second-order valence-electron chi connectivity index (χ2n) is 8.95. The summed E-state index contributed by atoms with van der Waals surface area (Å²) >= 11 is 5.78. The maximum absolute atomic E-state index is 13.4. The first-order valence-electron chi connectivity index (χ1n) is 11.6. The van der Waals surface area contributed by atoms with Crippen molar-refractivity contribution in [2.24, 2.45) is 0 Å². The lowest BCUT2D eigenvalue weighted by Crippen LogP contribution is -2.29. The largest absolute Gasteiger partial charge is 0.416 e. The summed E-state index contributed by atoms with van der Waals surface area (Å²) in [5, 5.41) is 4.06. The van der Waals surface area contributed by atoms with E-state index < -0.39 is 11.7 Å². The van der Waals surface area contributed by atoms with Crippen LogP contribution in [0.4, 0.5) is 13.2 Å². The van der Waals surface area contributed by atoms with Gasteiger partial charge in [-0.1, -0.05) is 42.5 Å². The fraction of sp³-hybridized carbons (Fsp3) is 0.214. The third-order valence-corrected chi connectivity index (χ3v) is 6.97. The van der Waals surface area contributed by atoms with Crippen LogP contribution in [-0.2, 0) is 12.7 Å². The Morgan fingerprint density at radius 1 is 0.944 bits per heavy atom. The first kappa shape index (κ1) is 24.1. The molecule has 1 N–H and O–H groups in total. The van der Waals surface area contributed by atoms with Crippen LogP contribution in [0.25, 0.3) is 5.69 Å². The zero-order chi connectivity index (χ0) is 25.4. The van der Waals surface area contributed by atoms with Crippen molar-refractivity contribution in [2.75, 3.05) is 0 Å². The van der Waals surface area contributed by atoms with E-state index in [-0.39, 0.29) is 12.1 Å². The molecule has 0 amide bonds. The van der Waals surface area contributed by atoms with E-state index in [9.17, 15) is 13.2 Å². The molecule has 1 fully saturated rings. The van der Waals surface area contributed by atoms with Gasteiger partial charge in [0.15, 0.2) is 5.11 Å². The Kier molecular flexibility index (Phi) is 6.30. The van der Waals surface area contributed by atoms with Crippen LogP contribution in [-0.4, -0.2) is 19.6 Å². The number of alkyl halides is 3. The van der Waals surface area contributed by atoms with Crippen molar-refractivity contribution >= 4 is 17.3 Å². The van der Waals surface area contributed by atoms with Crippen LogP contribution in [0.3, 0.4) is 0 Å². The molecule has 3 heterocycles. The van der Waals surface area contributed by atoms with E-state index in [1.165, 1.54) is 12.1 Å². The fourth-order valence-electron chi connectivity index (χ4n) is 5.00. The van der Waals surface area contributed by atoms with E-state index in [0.717, 1.165) is 34.3 Å². The lowest BCUT2D eigenvalue weighted by molar-refractivity contribution is -0.137. The average molecular weight is 507 g/mol. The number of hydrogen-bond donors (Lipinski definition) is 1. The molecular weight excluding hydrogens is 481 g/mol. The molecule has 1 aliphatic rings. The van der Waals surface area contributed by atoms with Crippen LogP contribution in [0.15, 0.2) is 85.1 Å². The Hall–Kier alpha value is -3.65. The molecule has 36 heavy (non-hydrogen) atoms. The highest BCUT2D eigenvalue weighted by Crippen LogP contribution is 2.42. The van der Waals surface area contributed by atoms with Gasteiger partial charge < -0.3 is 14.8 Å². The van der Waals surface area contributed by atoms with Crippen molar-refractivity contribution < 1.29 is 13.2 Å². The monoisotopic (exact) mass is 506 g/mol. The Labute approximate surface area is 213 Å². The molecule has 0 spiro atoms. The standard InChI is InChI=1S/C28H25F3N4S/c1-18-15-23(19(2)35(18)22-12-8-11-21(16-22)28(29,30)31)26-25(24-13-6-7-14-32-24)33-27(36)34(26)17-20-9-4-3-5-10-20/h3-16,25-26H,17H2,1-2H3,(H,33,36)/t25-,26+/m1/s1. The minimum Gasteiger partial charge on any atom is -0.352 e. The molecule has 0 radical (unpaired) electrons. The number of thiocarbonyl (C=S) groups is 1. The van der Waals surface area contributed by atoms with E-state index in [1.807, 2.05) is 60.9 Å². The summed E-state index contributed by atoms with van der Waals surface area (Å²) < 4.78 is 42.2. The van der Waals surface area contributed by atoms with Crippen molar-refractivity contribution in [1.29, 1.82) is 0 Å². The molecule has 2 atom stereocenters. The average Bonchev–Trinajstić information content (AvgIpc) is 3.34. The summed E-state index contributed by atoms with van der Waals surface area (Å²) in [5.41, 5.74) is 4.47. The summed E-state index contributed by atoms with van der Waals surface area (Å²) in [4.78, 5) is 6.73. The van der Waals surface area contributed by atoms with E-state index >= 15 is 0 Å². The van der Waals surface area contributed by atoms with Crippen molar-refractivity contribution in [2.45, 2.75) is 38.7 Å². The number of hydrogen-bond acceptors (Lipinski definition) is 2. The molecule has 0 bridgehead atoms. The van der Waals surface area contributed by atoms with Gasteiger partial charge in [0.2, 0.25) is 0 Å². The molecule has 4 nitrogen and oxygen atoms in total. The number of halogens is 3. The van der Waals surface area contributed by atoms with E-state index in [2.05, 4.69) is 27.3 Å². The Bertz CT molecular complexity index is 1380. The summed E-state index contributed by atoms with van der Waals surface area (Å²) in [5.74, 6) is 0. The van der Waals surface area contributed by atoms with Crippen molar-refractivity contribution in [3.05, 3.63) is 119 Å². The predicted octanol–water partition coefficient (Wildman–Crippen LogP) is 6.68. The molecule has 5 rings (SSSR count). The number of pyridine rings is 1. The van der Waals surface area contributed by atoms with Crippen LogP contribution < -0.4 is 5.32 Å². The Balaban J connectivity index is 1.62. The van der Waals surface area contributed by atoms with E-state index in [0.29, 0.717) is 17.3 Å². The van der Waals surface area contributed by atoms with Gasteiger partial charge in [-0.2, -0.15) is 13.2 Å². The SMILES string of the molecule is Cc1cc([C@H]2[C@@H](c3ccccn3)NC(=S)N2Cc2ccccc2)c(C)n1-c1cccc(C(F)(F)F)c1. The van der Waals surface area contributed by atoms with Crippen molar-refractivity contribution in [1.82, 2.24) is 19.8 Å². The molecule has 0 aliphatic carbocycles. The zero-order valence-corrected chi connectivity index (χ0v) is 20.6. The van der Waals surface area contributed by atoms with Gasteiger partial charge >= 0.3 is 6.18 Å². The van der Waals surface area contributed by atoms with Crippen molar-refractivity contribution in [3.8, 4) is 5.69 Å². The van der Waals surface area contributed by atoms with Crippen LogP contribution in [0, 0.1) is 13.8 Å². The van der Waals surface area contributed by atoms with Gasteiger partial charge in [-0.25, -0.2) is 0 Å². The maximum atomic E-state index is 13.4. The summed E-state index contributed by atoms with van der Waals surface area (Å²) in [6.45, 7) is 4.45. The van der Waals surface area contributed by atoms with Crippen molar-refractivity contribution in [3.63, 3.8) is 0 Å². The highest BCUT2D eigenvalue weighted by molar-refractivity contribution is 7.80. The number of nitrogens with zero attached hydrogens (tertiary/aromatic N) is 3. The van der Waals surface area contributed by atoms with Gasteiger partial charge in [-0.05, 0) is 73.6 Å². The van der Waals surface area contributed by atoms with E-state index in [1.54, 1.807) is 12.3 Å². The molecule has 0 saturated carbocycles. The number of benzene rings is 2. The van der Waals surface area contributed by atoms with Crippen LogP contribution in [0.5, 0.6) is 0 Å². The summed E-state index contributed by atoms with van der Waals surface area (Å²) in [7, 11) is 0. The topological polar surface area (TPSA) is 33.1 Å². The number of aromatic nitrogens is 2. The van der Waals surface area contributed by atoms with Crippen LogP contribution in [0.1, 0.15) is 45.9 Å². The number of nitrogens with one attached hydrogen (secondary N) is 1. The zero-order valence-electron chi connectivity index (χ0n) is 19.8. The predicted molar refractivity (Wildman–Crippen MR) is 138 cm³/mol. The molecule has 184 valence electrons. The second kappa shape index (κ2) is 9.43. The molecule has 2 aromatic heterocycles. The molecule has 1 saturated heterocycles. The summed E-state index contributed by atoms with van der Waals surface area (Å²) in [6.07, 6.45) is -2.66. The van der Waals surface area contributed by atoms with Crippen LogP contribution in [0.2, 0.25) is 0 Å². The lowest BCUT2D eigenvalue weighted by atomic mass is 9.96. The highest BCUT2D eigenvalue weighted by atomic mass is 32.1. The van der Waals surface area contributed by atoms with Gasteiger partial charge in [0.05, 0.1) is 23.3 Å². The first-order chi connectivity index (χ1) is 17.2. The minimum atomic E-state index is -4.41. The van der Waals surface area contributed by atoms with Gasteiger partial charge in [-0.15, -0.1) is 0 Å². The first-order valence-corrected chi connectivity index (χ1v) is 12.0. The molecule has 0 unspecified atom stereocenters. The maximum Gasteiger partial charge on any atom is 0.416 e. The van der Waals surface area contributed by atoms with Gasteiger partial charge in [-0.3, -0.25) is 4.98 Å². The third-order valence-electron chi connectivity index (χ3n) is 6.61. The summed E-state index contributed by atoms with van der Waals surface area (Å²) in [6, 6.07) is 22.9. The molecule has 1 aliphatic heterocycles.